The average Bonchev–Trinajstić information content (AvgIpc) is 3.27. The van der Waals surface area contributed by atoms with Crippen LogP contribution in [0.15, 0.2) is 30.3 Å². The molecule has 2 aliphatic carbocycles. The smallest absolute Gasteiger partial charge is 0.315 e. The highest BCUT2D eigenvalue weighted by atomic mass is 16.2. The standard InChI is InChI=1S/C15H20N2O/c1-10-7-14(10)17-15(18)16-9-12-8-13(12)11-5-3-2-4-6-11/h2-6,10,12-14H,7-9H2,1H3,(H2,16,17,18)/t10-,12-,13-,14+/m1/s1. The third-order valence-corrected chi connectivity index (χ3v) is 4.10. The molecule has 0 radical (unpaired) electrons. The summed E-state index contributed by atoms with van der Waals surface area (Å²) in [7, 11) is 0. The molecule has 4 atom stereocenters. The van der Waals surface area contributed by atoms with Crippen molar-refractivity contribution in [1.29, 1.82) is 0 Å². The molecule has 2 amide bonds. The van der Waals surface area contributed by atoms with E-state index in [4.69, 9.17) is 0 Å². The van der Waals surface area contributed by atoms with Crippen LogP contribution in [0.25, 0.3) is 0 Å². The van der Waals surface area contributed by atoms with Crippen LogP contribution in [0.4, 0.5) is 4.79 Å². The lowest BCUT2D eigenvalue weighted by atomic mass is 10.1. The van der Waals surface area contributed by atoms with E-state index in [1.807, 2.05) is 6.07 Å². The van der Waals surface area contributed by atoms with Crippen LogP contribution in [0.5, 0.6) is 0 Å². The lowest BCUT2D eigenvalue weighted by molar-refractivity contribution is 0.239. The Labute approximate surface area is 108 Å². The van der Waals surface area contributed by atoms with Gasteiger partial charge in [0.2, 0.25) is 0 Å². The van der Waals surface area contributed by atoms with E-state index in [2.05, 4.69) is 41.8 Å². The van der Waals surface area contributed by atoms with E-state index in [-0.39, 0.29) is 6.03 Å². The highest BCUT2D eigenvalue weighted by Gasteiger charge is 2.38. The van der Waals surface area contributed by atoms with E-state index in [9.17, 15) is 4.79 Å². The van der Waals surface area contributed by atoms with Crippen molar-refractivity contribution in [3.05, 3.63) is 35.9 Å². The first-order valence-corrected chi connectivity index (χ1v) is 6.83. The minimum atomic E-state index is 0.00283. The number of carbonyl (C=O) groups excluding carboxylic acids is 1. The van der Waals surface area contributed by atoms with Gasteiger partial charge in [-0.25, -0.2) is 4.79 Å². The Morgan fingerprint density at radius 3 is 2.67 bits per heavy atom. The summed E-state index contributed by atoms with van der Waals surface area (Å²) in [4.78, 5) is 11.6. The van der Waals surface area contributed by atoms with Crippen molar-refractivity contribution >= 4 is 6.03 Å². The largest absolute Gasteiger partial charge is 0.338 e. The van der Waals surface area contributed by atoms with Gasteiger partial charge in [-0.2, -0.15) is 0 Å². The number of benzene rings is 1. The van der Waals surface area contributed by atoms with Gasteiger partial charge in [0.1, 0.15) is 0 Å². The third kappa shape index (κ3) is 2.66. The summed E-state index contributed by atoms with van der Waals surface area (Å²) in [6.07, 6.45) is 2.33. The molecule has 2 fully saturated rings. The predicted octanol–water partition coefficient (Wildman–Crippen LogP) is 2.50. The molecular formula is C15H20N2O. The molecule has 0 spiro atoms. The maximum absolute atomic E-state index is 11.6. The summed E-state index contributed by atoms with van der Waals surface area (Å²) >= 11 is 0. The van der Waals surface area contributed by atoms with Gasteiger partial charge in [-0.05, 0) is 36.2 Å². The zero-order valence-corrected chi connectivity index (χ0v) is 10.7. The normalized spacial score (nSPS) is 32.7. The summed E-state index contributed by atoms with van der Waals surface area (Å²) in [5.41, 5.74) is 1.40. The highest BCUT2D eigenvalue weighted by Crippen LogP contribution is 2.46. The van der Waals surface area contributed by atoms with Gasteiger partial charge < -0.3 is 10.6 Å². The van der Waals surface area contributed by atoms with Gasteiger partial charge in [0.05, 0.1) is 0 Å². The summed E-state index contributed by atoms with van der Waals surface area (Å²) in [5.74, 6) is 1.93. The predicted molar refractivity (Wildman–Crippen MR) is 71.4 cm³/mol. The fraction of sp³-hybridized carbons (Fsp3) is 0.533. The van der Waals surface area contributed by atoms with E-state index < -0.39 is 0 Å². The number of amides is 2. The molecule has 1 aromatic rings. The maximum atomic E-state index is 11.6. The lowest BCUT2D eigenvalue weighted by Crippen LogP contribution is -2.38. The summed E-state index contributed by atoms with van der Waals surface area (Å²) in [6.45, 7) is 2.96. The van der Waals surface area contributed by atoms with Crippen LogP contribution in [0.2, 0.25) is 0 Å². The summed E-state index contributed by atoms with van der Waals surface area (Å²) < 4.78 is 0. The van der Waals surface area contributed by atoms with Gasteiger partial charge in [-0.3, -0.25) is 0 Å². The van der Waals surface area contributed by atoms with Gasteiger partial charge >= 0.3 is 6.03 Å². The Balaban J connectivity index is 1.39. The summed E-state index contributed by atoms with van der Waals surface area (Å²) in [6, 6.07) is 11.0. The molecular weight excluding hydrogens is 224 g/mol. The molecule has 0 saturated heterocycles. The van der Waals surface area contributed by atoms with Crippen LogP contribution < -0.4 is 10.6 Å². The molecule has 1 aromatic carbocycles. The fourth-order valence-electron chi connectivity index (χ4n) is 2.55. The van der Waals surface area contributed by atoms with Crippen molar-refractivity contribution in [2.75, 3.05) is 6.54 Å². The fourth-order valence-corrected chi connectivity index (χ4v) is 2.55. The average molecular weight is 244 g/mol. The minimum absolute atomic E-state index is 0.00283. The second-order valence-corrected chi connectivity index (χ2v) is 5.69. The topological polar surface area (TPSA) is 41.1 Å². The first-order valence-electron chi connectivity index (χ1n) is 6.83. The number of hydrogen-bond donors (Lipinski definition) is 2. The zero-order chi connectivity index (χ0) is 12.5. The number of rotatable bonds is 4. The molecule has 2 saturated carbocycles. The van der Waals surface area contributed by atoms with E-state index >= 15 is 0 Å². The molecule has 0 aliphatic heterocycles. The lowest BCUT2D eigenvalue weighted by Gasteiger charge is -2.06. The zero-order valence-electron chi connectivity index (χ0n) is 10.7. The first kappa shape index (κ1) is 11.6. The first-order chi connectivity index (χ1) is 8.74. The number of urea groups is 1. The quantitative estimate of drug-likeness (QED) is 0.839. The Kier molecular flexibility index (Phi) is 2.98. The number of carbonyl (C=O) groups is 1. The van der Waals surface area contributed by atoms with Crippen molar-refractivity contribution < 1.29 is 4.79 Å². The Bertz CT molecular complexity index is 431. The van der Waals surface area contributed by atoms with Crippen molar-refractivity contribution in [2.24, 2.45) is 11.8 Å². The molecule has 2 N–H and O–H groups in total. The second kappa shape index (κ2) is 4.63. The van der Waals surface area contributed by atoms with E-state index in [0.717, 1.165) is 13.0 Å². The van der Waals surface area contributed by atoms with Gasteiger partial charge in [-0.15, -0.1) is 0 Å². The molecule has 2 aliphatic rings. The maximum Gasteiger partial charge on any atom is 0.315 e. The van der Waals surface area contributed by atoms with Crippen molar-refractivity contribution in [1.82, 2.24) is 10.6 Å². The monoisotopic (exact) mass is 244 g/mol. The van der Waals surface area contributed by atoms with Crippen LogP contribution in [-0.2, 0) is 0 Å². The van der Waals surface area contributed by atoms with E-state index in [1.54, 1.807) is 0 Å². The van der Waals surface area contributed by atoms with E-state index in [0.29, 0.717) is 23.8 Å². The summed E-state index contributed by atoms with van der Waals surface area (Å²) in [5, 5.41) is 5.98. The Hall–Kier alpha value is -1.51. The second-order valence-electron chi connectivity index (χ2n) is 5.69. The van der Waals surface area contributed by atoms with Crippen LogP contribution in [-0.4, -0.2) is 18.6 Å². The third-order valence-electron chi connectivity index (χ3n) is 4.10. The molecule has 0 aromatic heterocycles. The molecule has 0 unspecified atom stereocenters. The van der Waals surface area contributed by atoms with Crippen molar-refractivity contribution in [3.8, 4) is 0 Å². The number of nitrogens with one attached hydrogen (secondary N) is 2. The Morgan fingerprint density at radius 2 is 2.00 bits per heavy atom. The van der Waals surface area contributed by atoms with Crippen LogP contribution >= 0.6 is 0 Å². The van der Waals surface area contributed by atoms with Gasteiger partial charge in [-0.1, -0.05) is 37.3 Å². The van der Waals surface area contributed by atoms with Crippen molar-refractivity contribution in [3.63, 3.8) is 0 Å². The van der Waals surface area contributed by atoms with Crippen LogP contribution in [0.3, 0.4) is 0 Å². The number of hydrogen-bond acceptors (Lipinski definition) is 1. The molecule has 3 nitrogen and oxygen atoms in total. The van der Waals surface area contributed by atoms with Gasteiger partial charge in [0.15, 0.2) is 0 Å². The highest BCUT2D eigenvalue weighted by molar-refractivity contribution is 5.74. The SMILES string of the molecule is C[C@@H]1C[C@@H]1NC(=O)NC[C@H]1C[C@@H]1c1ccccc1. The van der Waals surface area contributed by atoms with Crippen molar-refractivity contribution in [2.45, 2.75) is 31.7 Å². The van der Waals surface area contributed by atoms with Gasteiger partial charge in [0, 0.05) is 12.6 Å². The van der Waals surface area contributed by atoms with Crippen LogP contribution in [0.1, 0.15) is 31.2 Å². The minimum Gasteiger partial charge on any atom is -0.338 e. The molecule has 0 heterocycles. The molecule has 96 valence electrons. The van der Waals surface area contributed by atoms with Crippen LogP contribution in [0, 0.1) is 11.8 Å². The Morgan fingerprint density at radius 1 is 1.28 bits per heavy atom. The molecule has 0 bridgehead atoms. The molecule has 18 heavy (non-hydrogen) atoms. The van der Waals surface area contributed by atoms with E-state index in [1.165, 1.54) is 12.0 Å². The molecule has 3 rings (SSSR count). The van der Waals surface area contributed by atoms with Gasteiger partial charge in [0.25, 0.3) is 0 Å². The molecule has 3 heteroatoms.